The molecule has 0 radical (unpaired) electrons. The number of morpholine rings is 1. The first-order chi connectivity index (χ1) is 20.8. The first-order valence-electron chi connectivity index (χ1n) is 15.1. The van der Waals surface area contributed by atoms with Crippen LogP contribution in [0, 0.1) is 5.82 Å². The predicted octanol–water partition coefficient (Wildman–Crippen LogP) is 4.27. The number of hydrogen-bond donors (Lipinski definition) is 1. The number of anilines is 4. The zero-order valence-electron chi connectivity index (χ0n) is 24.3. The molecule has 1 N–H and O–H groups in total. The average Bonchev–Trinajstić information content (AvgIpc) is 3.02. The number of ether oxygens (including phenoxy) is 1. The summed E-state index contributed by atoms with van der Waals surface area (Å²) >= 11 is 12.7. The van der Waals surface area contributed by atoms with Crippen molar-refractivity contribution in [2.75, 3.05) is 74.1 Å². The number of piperazine rings is 1. The predicted molar refractivity (Wildman–Crippen MR) is 170 cm³/mol. The van der Waals surface area contributed by atoms with Crippen LogP contribution in [0.2, 0.25) is 10.0 Å². The highest BCUT2D eigenvalue weighted by Crippen LogP contribution is 2.32. The molecule has 3 aliphatic rings. The Kier molecular flexibility index (Phi) is 9.21. The van der Waals surface area contributed by atoms with E-state index in [2.05, 4.69) is 31.9 Å². The van der Waals surface area contributed by atoms with Gasteiger partial charge in [-0.3, -0.25) is 19.4 Å². The van der Waals surface area contributed by atoms with Crippen molar-refractivity contribution in [1.82, 2.24) is 14.8 Å². The van der Waals surface area contributed by atoms with Crippen LogP contribution < -0.4 is 26.0 Å². The van der Waals surface area contributed by atoms with E-state index in [4.69, 9.17) is 27.9 Å². The minimum Gasteiger partial charge on any atom is -0.378 e. The van der Waals surface area contributed by atoms with Crippen LogP contribution in [0.25, 0.3) is 0 Å². The molecule has 3 aliphatic heterocycles. The zero-order valence-corrected chi connectivity index (χ0v) is 25.8. The van der Waals surface area contributed by atoms with Gasteiger partial charge in [-0.1, -0.05) is 36.2 Å². The number of hydrogen-bond acceptors (Lipinski definition) is 9. The van der Waals surface area contributed by atoms with Gasteiger partial charge in [0.15, 0.2) is 0 Å². The van der Waals surface area contributed by atoms with Crippen molar-refractivity contribution in [3.8, 4) is 0 Å². The molecular weight excluding hydrogens is 594 g/mol. The summed E-state index contributed by atoms with van der Waals surface area (Å²) in [5.41, 5.74) is 0.984. The van der Waals surface area contributed by atoms with Gasteiger partial charge < -0.3 is 19.9 Å². The first kappa shape index (κ1) is 30.3. The number of aromatic nitrogens is 1. The van der Waals surface area contributed by atoms with Crippen molar-refractivity contribution in [2.24, 2.45) is 0 Å². The standard InChI is InChI=1S/C31H37Cl2FN6O3/c1-2-23-19-39(9-10-40(23)24-5-7-37(8-6-24)18-20-3-4-21(32)15-26(20)34)31-25(33)16-22(17-35-31)36-27-28(30(42)29(27)41)38-11-13-43-14-12-38/h3-4,15-17,23-24,36H,2,5-14,18-19H2,1H3/t23-/m0/s1. The fraction of sp³-hybridized carbons (Fsp3) is 0.516. The Hall–Kier alpha value is -2.76. The lowest BCUT2D eigenvalue weighted by molar-refractivity contribution is 0.0607. The van der Waals surface area contributed by atoms with Gasteiger partial charge in [0, 0.05) is 61.9 Å². The van der Waals surface area contributed by atoms with Crippen molar-refractivity contribution in [2.45, 2.75) is 44.8 Å². The van der Waals surface area contributed by atoms with Gasteiger partial charge in [0.25, 0.3) is 10.9 Å². The van der Waals surface area contributed by atoms with Gasteiger partial charge >= 0.3 is 0 Å². The summed E-state index contributed by atoms with van der Waals surface area (Å²) in [6, 6.07) is 7.56. The Morgan fingerprint density at radius 2 is 1.77 bits per heavy atom. The molecule has 230 valence electrons. The topological polar surface area (TPSA) is 81.2 Å². The van der Waals surface area contributed by atoms with E-state index in [0.717, 1.165) is 57.8 Å². The molecule has 2 aromatic carbocycles. The van der Waals surface area contributed by atoms with E-state index in [0.29, 0.717) is 77.6 Å². The molecule has 12 heteroatoms. The maximum absolute atomic E-state index is 14.3. The lowest BCUT2D eigenvalue weighted by atomic mass is 9.97. The Labute approximate surface area is 260 Å². The molecule has 3 saturated heterocycles. The van der Waals surface area contributed by atoms with E-state index >= 15 is 0 Å². The molecule has 3 aromatic rings. The van der Waals surface area contributed by atoms with Gasteiger partial charge in [-0.2, -0.15) is 0 Å². The molecule has 0 unspecified atom stereocenters. The summed E-state index contributed by atoms with van der Waals surface area (Å²) in [5.74, 6) is 0.484. The van der Waals surface area contributed by atoms with Gasteiger partial charge in [0.2, 0.25) is 0 Å². The second-order valence-electron chi connectivity index (χ2n) is 11.6. The van der Waals surface area contributed by atoms with Crippen molar-refractivity contribution in [3.63, 3.8) is 0 Å². The van der Waals surface area contributed by atoms with E-state index in [1.807, 2.05) is 4.90 Å². The van der Waals surface area contributed by atoms with Crippen molar-refractivity contribution < 1.29 is 9.13 Å². The lowest BCUT2D eigenvalue weighted by Crippen LogP contribution is -2.58. The second kappa shape index (κ2) is 13.1. The molecule has 1 aromatic heterocycles. The second-order valence-corrected chi connectivity index (χ2v) is 12.5. The molecule has 43 heavy (non-hydrogen) atoms. The molecule has 0 saturated carbocycles. The van der Waals surface area contributed by atoms with Crippen LogP contribution >= 0.6 is 23.2 Å². The summed E-state index contributed by atoms with van der Waals surface area (Å²) in [6.07, 6.45) is 4.79. The summed E-state index contributed by atoms with van der Waals surface area (Å²) < 4.78 is 19.7. The summed E-state index contributed by atoms with van der Waals surface area (Å²) in [6.45, 7) is 9.44. The van der Waals surface area contributed by atoms with E-state index in [-0.39, 0.29) is 5.82 Å². The average molecular weight is 632 g/mol. The van der Waals surface area contributed by atoms with Gasteiger partial charge in [-0.05, 0) is 50.6 Å². The highest BCUT2D eigenvalue weighted by atomic mass is 35.5. The Bertz CT molecular complexity index is 1520. The van der Waals surface area contributed by atoms with Crippen molar-refractivity contribution in [3.05, 3.63) is 72.3 Å². The number of benzene rings is 1. The number of likely N-dealkylation sites (tertiary alicyclic amines) is 1. The molecule has 1 atom stereocenters. The monoisotopic (exact) mass is 630 g/mol. The number of nitrogens with zero attached hydrogens (tertiary/aromatic N) is 5. The molecule has 3 fully saturated rings. The van der Waals surface area contributed by atoms with E-state index in [1.165, 1.54) is 6.07 Å². The highest BCUT2D eigenvalue weighted by molar-refractivity contribution is 6.33. The van der Waals surface area contributed by atoms with Crippen LogP contribution in [-0.4, -0.2) is 85.9 Å². The van der Waals surface area contributed by atoms with Gasteiger partial charge in [0.05, 0.1) is 30.1 Å². The minimum atomic E-state index is -0.522. The molecule has 4 heterocycles. The Morgan fingerprint density at radius 3 is 2.47 bits per heavy atom. The van der Waals surface area contributed by atoms with Crippen LogP contribution in [0.3, 0.4) is 0 Å². The Morgan fingerprint density at radius 1 is 1.00 bits per heavy atom. The minimum absolute atomic E-state index is 0.241. The Balaban J connectivity index is 1.06. The van der Waals surface area contributed by atoms with E-state index in [9.17, 15) is 14.0 Å². The van der Waals surface area contributed by atoms with E-state index in [1.54, 1.807) is 24.4 Å². The summed E-state index contributed by atoms with van der Waals surface area (Å²) in [5, 5.41) is 4.02. The fourth-order valence-corrected chi connectivity index (χ4v) is 7.11. The first-order valence-corrected chi connectivity index (χ1v) is 15.8. The normalized spacial score (nSPS) is 21.1. The van der Waals surface area contributed by atoms with Crippen LogP contribution in [0.4, 0.5) is 27.3 Å². The zero-order chi connectivity index (χ0) is 30.1. The SMILES string of the molecule is CC[C@H]1CN(c2ncc(Nc3c(N4CCOCC4)c(=O)c3=O)cc2Cl)CCN1C1CCN(Cc2ccc(Cl)cc2F)CC1. The third-order valence-electron chi connectivity index (χ3n) is 9.04. The number of halogens is 3. The number of rotatable bonds is 8. The van der Waals surface area contributed by atoms with Gasteiger partial charge in [0.1, 0.15) is 23.0 Å². The largest absolute Gasteiger partial charge is 0.378 e. The maximum Gasteiger partial charge on any atom is 0.253 e. The van der Waals surface area contributed by atoms with E-state index < -0.39 is 10.9 Å². The number of nitrogens with one attached hydrogen (secondary N) is 1. The third kappa shape index (κ3) is 6.40. The lowest BCUT2D eigenvalue weighted by Gasteiger charge is -2.47. The summed E-state index contributed by atoms with van der Waals surface area (Å²) in [4.78, 5) is 38.4. The molecule has 0 aliphatic carbocycles. The highest BCUT2D eigenvalue weighted by Gasteiger charge is 2.34. The van der Waals surface area contributed by atoms with Crippen molar-refractivity contribution in [1.29, 1.82) is 0 Å². The third-order valence-corrected chi connectivity index (χ3v) is 9.55. The van der Waals surface area contributed by atoms with Crippen LogP contribution in [0.1, 0.15) is 31.7 Å². The molecular formula is C31H37Cl2FN6O3. The maximum atomic E-state index is 14.3. The van der Waals surface area contributed by atoms with Crippen LogP contribution in [0.5, 0.6) is 0 Å². The van der Waals surface area contributed by atoms with Crippen molar-refractivity contribution >= 4 is 46.1 Å². The summed E-state index contributed by atoms with van der Waals surface area (Å²) in [7, 11) is 0. The molecule has 0 amide bonds. The number of pyridine rings is 1. The fourth-order valence-electron chi connectivity index (χ4n) is 6.67. The quantitative estimate of drug-likeness (QED) is 0.367. The smallest absolute Gasteiger partial charge is 0.253 e. The molecule has 0 bridgehead atoms. The molecule has 6 rings (SSSR count). The van der Waals surface area contributed by atoms with Crippen LogP contribution in [-0.2, 0) is 11.3 Å². The molecule has 0 spiro atoms. The van der Waals surface area contributed by atoms with Gasteiger partial charge in [-0.25, -0.2) is 9.37 Å². The van der Waals surface area contributed by atoms with Crippen LogP contribution in [0.15, 0.2) is 40.1 Å². The molecule has 9 nitrogen and oxygen atoms in total. The number of piperidine rings is 1. The van der Waals surface area contributed by atoms with Gasteiger partial charge in [-0.15, -0.1) is 0 Å².